The molecular weight excluding hydrogens is 198 g/mol. The molecule has 4 nitrogen and oxygen atoms in total. The molecular formula is C9H17NO3Si. The smallest absolute Gasteiger partial charge is 0.330 e. The first-order valence-electron chi connectivity index (χ1n) is 4.62. The molecule has 0 spiro atoms. The van der Waals surface area contributed by atoms with E-state index in [1.54, 1.807) is 0 Å². The van der Waals surface area contributed by atoms with Crippen LogP contribution < -0.4 is 0 Å². The molecule has 0 saturated carbocycles. The average molecular weight is 215 g/mol. The molecule has 0 radical (unpaired) electrons. The van der Waals surface area contributed by atoms with Crippen LogP contribution in [0.25, 0.3) is 0 Å². The molecule has 14 heavy (non-hydrogen) atoms. The van der Waals surface area contributed by atoms with Gasteiger partial charge < -0.3 is 9.16 Å². The monoisotopic (exact) mass is 215 g/mol. The molecule has 0 rings (SSSR count). The molecule has 0 aromatic rings. The zero-order chi connectivity index (χ0) is 11.0. The molecule has 0 amide bonds. The fourth-order valence-corrected chi connectivity index (χ4v) is 1.21. The molecule has 0 fully saturated rings. The predicted molar refractivity (Wildman–Crippen MR) is 55.1 cm³/mol. The molecule has 0 bridgehead atoms. The highest BCUT2D eigenvalue weighted by atomic mass is 28.4. The summed E-state index contributed by atoms with van der Waals surface area (Å²) in [4.78, 5) is 11.0. The summed E-state index contributed by atoms with van der Waals surface area (Å²) in [6.45, 7) is 6.37. The van der Waals surface area contributed by atoms with Gasteiger partial charge in [0.25, 0.3) is 0 Å². The Balaban J connectivity index is 3.43. The van der Waals surface area contributed by atoms with Crippen molar-refractivity contribution in [3.8, 4) is 6.07 Å². The first-order chi connectivity index (χ1) is 6.45. The lowest BCUT2D eigenvalue weighted by atomic mass is 10.3. The summed E-state index contributed by atoms with van der Waals surface area (Å²) in [6.07, 6.45) is 1.01. The predicted octanol–water partition coefficient (Wildman–Crippen LogP) is 1.68. The largest absolute Gasteiger partial charge is 0.464 e. The van der Waals surface area contributed by atoms with Crippen LogP contribution in [0.3, 0.4) is 0 Å². The SMILES string of the molecule is C[Si](C)(C)OCC(=O)OCCCC#N. The Morgan fingerprint density at radius 2 is 2.07 bits per heavy atom. The van der Waals surface area contributed by atoms with Gasteiger partial charge in [0.2, 0.25) is 0 Å². The minimum atomic E-state index is -1.63. The zero-order valence-electron chi connectivity index (χ0n) is 9.00. The van der Waals surface area contributed by atoms with Crippen molar-refractivity contribution in [1.82, 2.24) is 0 Å². The minimum absolute atomic E-state index is 0.0300. The maximum absolute atomic E-state index is 11.0. The number of ether oxygens (including phenoxy) is 1. The van der Waals surface area contributed by atoms with E-state index in [0.717, 1.165) is 0 Å². The second-order valence-electron chi connectivity index (χ2n) is 3.88. The fourth-order valence-electron chi connectivity index (χ4n) is 0.654. The van der Waals surface area contributed by atoms with Crippen LogP contribution in [0.4, 0.5) is 0 Å². The molecule has 0 aliphatic carbocycles. The van der Waals surface area contributed by atoms with Crippen molar-refractivity contribution >= 4 is 14.3 Å². The Hall–Kier alpha value is -0.863. The Morgan fingerprint density at radius 1 is 1.43 bits per heavy atom. The van der Waals surface area contributed by atoms with E-state index in [9.17, 15) is 4.79 Å². The minimum Gasteiger partial charge on any atom is -0.464 e. The average Bonchev–Trinajstić information content (AvgIpc) is 2.08. The van der Waals surface area contributed by atoms with Gasteiger partial charge in [-0.3, -0.25) is 0 Å². The van der Waals surface area contributed by atoms with E-state index < -0.39 is 8.32 Å². The van der Waals surface area contributed by atoms with Gasteiger partial charge >= 0.3 is 5.97 Å². The fraction of sp³-hybridized carbons (Fsp3) is 0.778. The van der Waals surface area contributed by atoms with E-state index in [1.807, 2.05) is 25.7 Å². The van der Waals surface area contributed by atoms with Crippen molar-refractivity contribution in [1.29, 1.82) is 5.26 Å². The molecule has 0 aliphatic heterocycles. The summed E-state index contributed by atoms with van der Waals surface area (Å²) < 4.78 is 10.2. The van der Waals surface area contributed by atoms with Crippen molar-refractivity contribution < 1.29 is 14.0 Å². The molecule has 0 atom stereocenters. The number of hydrogen-bond acceptors (Lipinski definition) is 4. The summed E-state index contributed by atoms with van der Waals surface area (Å²) >= 11 is 0. The number of unbranched alkanes of at least 4 members (excludes halogenated alkanes) is 1. The molecule has 0 saturated heterocycles. The van der Waals surface area contributed by atoms with Gasteiger partial charge in [-0.15, -0.1) is 0 Å². The number of rotatable bonds is 6. The number of nitriles is 1. The van der Waals surface area contributed by atoms with Crippen LogP contribution in [0.5, 0.6) is 0 Å². The second-order valence-corrected chi connectivity index (χ2v) is 8.40. The van der Waals surface area contributed by atoms with Crippen LogP contribution in [0.2, 0.25) is 19.6 Å². The van der Waals surface area contributed by atoms with Crippen molar-refractivity contribution in [2.45, 2.75) is 32.5 Å². The maximum atomic E-state index is 11.0. The summed E-state index contributed by atoms with van der Waals surface area (Å²) in [7, 11) is -1.63. The lowest BCUT2D eigenvalue weighted by molar-refractivity contribution is -0.146. The van der Waals surface area contributed by atoms with Crippen molar-refractivity contribution in [3.63, 3.8) is 0 Å². The Labute approximate surface area is 85.9 Å². The third-order valence-corrected chi connectivity index (χ3v) is 2.33. The maximum Gasteiger partial charge on any atom is 0.330 e. The van der Waals surface area contributed by atoms with Gasteiger partial charge in [-0.2, -0.15) is 5.26 Å². The van der Waals surface area contributed by atoms with Crippen LogP contribution in [0.1, 0.15) is 12.8 Å². The van der Waals surface area contributed by atoms with E-state index in [1.165, 1.54) is 0 Å². The summed E-state index contributed by atoms with van der Waals surface area (Å²) in [5.41, 5.74) is 0. The van der Waals surface area contributed by atoms with Gasteiger partial charge in [-0.25, -0.2) is 4.79 Å². The van der Waals surface area contributed by atoms with Gasteiger partial charge in [0.05, 0.1) is 12.7 Å². The van der Waals surface area contributed by atoms with Crippen molar-refractivity contribution in [3.05, 3.63) is 0 Å². The number of carbonyl (C=O) groups is 1. The third kappa shape index (κ3) is 9.23. The van der Waals surface area contributed by atoms with Gasteiger partial charge in [0.1, 0.15) is 6.61 Å². The van der Waals surface area contributed by atoms with Gasteiger partial charge in [0.15, 0.2) is 8.32 Å². The Morgan fingerprint density at radius 3 is 2.57 bits per heavy atom. The van der Waals surface area contributed by atoms with Crippen LogP contribution in [0.15, 0.2) is 0 Å². The normalized spacial score (nSPS) is 10.7. The lowest BCUT2D eigenvalue weighted by Gasteiger charge is -2.15. The second kappa shape index (κ2) is 6.57. The molecule has 5 heteroatoms. The summed E-state index contributed by atoms with van der Waals surface area (Å²) in [5, 5.41) is 8.23. The highest BCUT2D eigenvalue weighted by Gasteiger charge is 2.16. The highest BCUT2D eigenvalue weighted by molar-refractivity contribution is 6.69. The number of hydrogen-bond donors (Lipinski definition) is 0. The van der Waals surface area contributed by atoms with Gasteiger partial charge in [0, 0.05) is 6.42 Å². The zero-order valence-corrected chi connectivity index (χ0v) is 10.0. The van der Waals surface area contributed by atoms with Crippen LogP contribution in [0, 0.1) is 11.3 Å². The van der Waals surface area contributed by atoms with E-state index in [0.29, 0.717) is 19.4 Å². The standard InChI is InChI=1S/C9H17NO3Si/c1-14(2,3)13-8-9(11)12-7-5-4-6-10/h4-5,7-8H2,1-3H3. The van der Waals surface area contributed by atoms with Crippen molar-refractivity contribution in [2.75, 3.05) is 13.2 Å². The highest BCUT2D eigenvalue weighted by Crippen LogP contribution is 2.02. The van der Waals surface area contributed by atoms with E-state index in [2.05, 4.69) is 0 Å². The lowest BCUT2D eigenvalue weighted by Crippen LogP contribution is -2.29. The van der Waals surface area contributed by atoms with E-state index in [4.69, 9.17) is 14.4 Å². The topological polar surface area (TPSA) is 59.3 Å². The molecule has 80 valence electrons. The summed E-state index contributed by atoms with van der Waals surface area (Å²) in [5.74, 6) is -0.342. The molecule has 0 N–H and O–H groups in total. The summed E-state index contributed by atoms with van der Waals surface area (Å²) in [6, 6.07) is 1.98. The van der Waals surface area contributed by atoms with Gasteiger partial charge in [-0.05, 0) is 26.1 Å². The number of esters is 1. The quantitative estimate of drug-likeness (QED) is 0.384. The van der Waals surface area contributed by atoms with E-state index >= 15 is 0 Å². The van der Waals surface area contributed by atoms with Crippen LogP contribution in [-0.2, 0) is 14.0 Å². The Kier molecular flexibility index (Phi) is 6.16. The Bertz CT molecular complexity index is 217. The first kappa shape index (κ1) is 13.1. The van der Waals surface area contributed by atoms with Crippen LogP contribution >= 0.6 is 0 Å². The first-order valence-corrected chi connectivity index (χ1v) is 8.03. The third-order valence-electron chi connectivity index (χ3n) is 1.32. The molecule has 0 aromatic carbocycles. The van der Waals surface area contributed by atoms with Crippen LogP contribution in [-0.4, -0.2) is 27.5 Å². The van der Waals surface area contributed by atoms with Gasteiger partial charge in [-0.1, -0.05) is 0 Å². The number of carbonyl (C=O) groups excluding carboxylic acids is 1. The van der Waals surface area contributed by atoms with E-state index in [-0.39, 0.29) is 12.6 Å². The molecule has 0 unspecified atom stereocenters. The number of nitrogens with zero attached hydrogens (tertiary/aromatic N) is 1. The molecule has 0 heterocycles. The molecule has 0 aromatic heterocycles. The molecule has 0 aliphatic rings. The van der Waals surface area contributed by atoms with Crippen molar-refractivity contribution in [2.24, 2.45) is 0 Å².